The molecule has 0 aromatic heterocycles. The molecule has 16 heavy (non-hydrogen) atoms. The standard InChI is InChI=1S/C16H16/c1-11-3-5-13-9-14-6-4-12(2)8-16(14)10-15(13)7-11/h3,5-10,12H,4H2,1-2H3. The molecule has 0 saturated carbocycles. The topological polar surface area (TPSA) is 0 Å². The summed E-state index contributed by atoms with van der Waals surface area (Å²) in [5.41, 5.74) is 1.33. The summed E-state index contributed by atoms with van der Waals surface area (Å²) < 4.78 is 0. The lowest BCUT2D eigenvalue weighted by molar-refractivity contribution is 0.801. The van der Waals surface area contributed by atoms with Gasteiger partial charge >= 0.3 is 0 Å². The molecular formula is C16H16. The molecule has 0 fully saturated rings. The molecule has 0 radical (unpaired) electrons. The molecule has 1 unspecified atom stereocenters. The SMILES string of the molecule is Cc1ccc2cc3c(cc2c1)=CC(C)CC=3. The van der Waals surface area contributed by atoms with Crippen LogP contribution in [-0.2, 0) is 0 Å². The Morgan fingerprint density at radius 3 is 2.69 bits per heavy atom. The van der Waals surface area contributed by atoms with Crippen molar-refractivity contribution >= 4 is 22.9 Å². The lowest BCUT2D eigenvalue weighted by Crippen LogP contribution is -2.28. The summed E-state index contributed by atoms with van der Waals surface area (Å²) in [5.74, 6) is 0.676. The highest BCUT2D eigenvalue weighted by molar-refractivity contribution is 5.83. The second-order valence-electron chi connectivity index (χ2n) is 4.92. The Kier molecular flexibility index (Phi) is 2.10. The predicted octanol–water partition coefficient (Wildman–Crippen LogP) is 2.75. The third-order valence-corrected chi connectivity index (χ3v) is 3.37. The Bertz CT molecular complexity index is 662. The van der Waals surface area contributed by atoms with Crippen LogP contribution >= 0.6 is 0 Å². The van der Waals surface area contributed by atoms with Gasteiger partial charge in [0, 0.05) is 0 Å². The summed E-state index contributed by atoms with van der Waals surface area (Å²) >= 11 is 0. The maximum Gasteiger partial charge on any atom is -0.0175 e. The fraction of sp³-hybridized carbons (Fsp3) is 0.250. The van der Waals surface area contributed by atoms with Crippen molar-refractivity contribution in [2.45, 2.75) is 20.3 Å². The van der Waals surface area contributed by atoms with Crippen LogP contribution < -0.4 is 10.4 Å². The number of fused-ring (bicyclic) bond motifs is 2. The summed E-state index contributed by atoms with van der Waals surface area (Å²) in [6.45, 7) is 4.43. The highest BCUT2D eigenvalue weighted by atomic mass is 14.1. The van der Waals surface area contributed by atoms with Crippen LogP contribution in [0.4, 0.5) is 0 Å². The van der Waals surface area contributed by atoms with E-state index in [1.165, 1.54) is 33.2 Å². The van der Waals surface area contributed by atoms with Gasteiger partial charge in [0.15, 0.2) is 0 Å². The van der Waals surface area contributed by atoms with E-state index < -0.39 is 0 Å². The summed E-state index contributed by atoms with van der Waals surface area (Å²) in [4.78, 5) is 0. The van der Waals surface area contributed by atoms with E-state index in [-0.39, 0.29) is 0 Å². The molecular weight excluding hydrogens is 192 g/mol. The van der Waals surface area contributed by atoms with Crippen LogP contribution in [0.2, 0.25) is 0 Å². The van der Waals surface area contributed by atoms with E-state index in [0.717, 1.165) is 0 Å². The van der Waals surface area contributed by atoms with Crippen LogP contribution in [0.25, 0.3) is 22.9 Å². The van der Waals surface area contributed by atoms with Crippen molar-refractivity contribution in [1.29, 1.82) is 0 Å². The minimum Gasteiger partial charge on any atom is -0.0761 e. The van der Waals surface area contributed by atoms with E-state index in [4.69, 9.17) is 0 Å². The molecule has 0 heteroatoms. The van der Waals surface area contributed by atoms with E-state index in [1.807, 2.05) is 0 Å². The molecule has 0 aliphatic heterocycles. The number of benzene rings is 2. The molecule has 1 aliphatic rings. The molecule has 0 spiro atoms. The average molecular weight is 208 g/mol. The van der Waals surface area contributed by atoms with Crippen LogP contribution in [0, 0.1) is 12.8 Å². The lowest BCUT2D eigenvalue weighted by atomic mass is 9.96. The maximum atomic E-state index is 2.39. The Balaban J connectivity index is 2.41. The fourth-order valence-electron chi connectivity index (χ4n) is 2.46. The highest BCUT2D eigenvalue weighted by Gasteiger charge is 2.02. The third-order valence-electron chi connectivity index (χ3n) is 3.37. The summed E-state index contributed by atoms with van der Waals surface area (Å²) in [7, 11) is 0. The van der Waals surface area contributed by atoms with E-state index in [1.54, 1.807) is 0 Å². The van der Waals surface area contributed by atoms with Crippen LogP contribution in [0.15, 0.2) is 30.3 Å². The van der Waals surface area contributed by atoms with Gasteiger partial charge in [-0.05, 0) is 52.6 Å². The van der Waals surface area contributed by atoms with Gasteiger partial charge in [0.1, 0.15) is 0 Å². The van der Waals surface area contributed by atoms with E-state index in [9.17, 15) is 0 Å². The molecule has 2 aromatic rings. The second-order valence-corrected chi connectivity index (χ2v) is 4.92. The smallest absolute Gasteiger partial charge is 0.0175 e. The normalized spacial score (nSPS) is 18.8. The van der Waals surface area contributed by atoms with Gasteiger partial charge in [-0.2, -0.15) is 0 Å². The molecule has 0 bridgehead atoms. The Morgan fingerprint density at radius 1 is 1.00 bits per heavy atom. The highest BCUT2D eigenvalue weighted by Crippen LogP contribution is 2.13. The monoisotopic (exact) mass is 208 g/mol. The first-order valence-electron chi connectivity index (χ1n) is 5.95. The van der Waals surface area contributed by atoms with Gasteiger partial charge in [0.05, 0.1) is 0 Å². The van der Waals surface area contributed by atoms with Gasteiger partial charge in [-0.1, -0.05) is 42.8 Å². The van der Waals surface area contributed by atoms with E-state index in [0.29, 0.717) is 5.92 Å². The van der Waals surface area contributed by atoms with Crippen molar-refractivity contribution in [3.8, 4) is 0 Å². The molecule has 0 N–H and O–H groups in total. The van der Waals surface area contributed by atoms with Crippen LogP contribution in [-0.4, -0.2) is 0 Å². The molecule has 1 atom stereocenters. The minimum absolute atomic E-state index is 0.676. The predicted molar refractivity (Wildman–Crippen MR) is 70.6 cm³/mol. The summed E-state index contributed by atoms with van der Waals surface area (Å²) in [5, 5.41) is 5.51. The van der Waals surface area contributed by atoms with Gasteiger partial charge in [0.25, 0.3) is 0 Å². The fourth-order valence-corrected chi connectivity index (χ4v) is 2.46. The van der Waals surface area contributed by atoms with E-state index in [2.05, 4.69) is 56.3 Å². The molecule has 2 aromatic carbocycles. The van der Waals surface area contributed by atoms with Gasteiger partial charge < -0.3 is 0 Å². The number of aryl methyl sites for hydroxylation is 1. The van der Waals surface area contributed by atoms with Crippen molar-refractivity contribution in [3.63, 3.8) is 0 Å². The van der Waals surface area contributed by atoms with Crippen LogP contribution in [0.3, 0.4) is 0 Å². The van der Waals surface area contributed by atoms with Gasteiger partial charge in [-0.25, -0.2) is 0 Å². The second kappa shape index (κ2) is 3.48. The number of rotatable bonds is 0. The van der Waals surface area contributed by atoms with Crippen molar-refractivity contribution in [1.82, 2.24) is 0 Å². The van der Waals surface area contributed by atoms with Crippen molar-refractivity contribution < 1.29 is 0 Å². The molecule has 80 valence electrons. The molecule has 1 aliphatic carbocycles. The average Bonchev–Trinajstić information content (AvgIpc) is 2.26. The third kappa shape index (κ3) is 1.55. The Labute approximate surface area is 95.9 Å². The molecule has 0 saturated heterocycles. The van der Waals surface area contributed by atoms with Gasteiger partial charge in [0.2, 0.25) is 0 Å². The first-order chi connectivity index (χ1) is 7.72. The van der Waals surface area contributed by atoms with Crippen molar-refractivity contribution in [3.05, 3.63) is 46.3 Å². The Morgan fingerprint density at radius 2 is 1.81 bits per heavy atom. The van der Waals surface area contributed by atoms with Crippen molar-refractivity contribution in [2.24, 2.45) is 5.92 Å². The number of hydrogen-bond acceptors (Lipinski definition) is 0. The first-order valence-corrected chi connectivity index (χ1v) is 5.95. The van der Waals surface area contributed by atoms with Crippen molar-refractivity contribution in [2.75, 3.05) is 0 Å². The quantitative estimate of drug-likeness (QED) is 0.624. The maximum absolute atomic E-state index is 2.39. The minimum atomic E-state index is 0.676. The molecule has 3 rings (SSSR count). The zero-order valence-corrected chi connectivity index (χ0v) is 9.83. The molecule has 0 heterocycles. The van der Waals surface area contributed by atoms with Crippen LogP contribution in [0.5, 0.6) is 0 Å². The zero-order chi connectivity index (χ0) is 11.1. The zero-order valence-electron chi connectivity index (χ0n) is 9.83. The first kappa shape index (κ1) is 9.65. The summed E-state index contributed by atoms with van der Waals surface area (Å²) in [6.07, 6.45) is 5.92. The lowest BCUT2D eigenvalue weighted by Gasteiger charge is -2.09. The van der Waals surface area contributed by atoms with E-state index >= 15 is 0 Å². The number of hydrogen-bond donors (Lipinski definition) is 0. The van der Waals surface area contributed by atoms with Gasteiger partial charge in [-0.15, -0.1) is 0 Å². The largest absolute Gasteiger partial charge is 0.0761 e. The molecule has 0 nitrogen and oxygen atoms in total. The Hall–Kier alpha value is -1.56. The summed E-state index contributed by atoms with van der Waals surface area (Å²) in [6, 6.07) is 11.3. The molecule has 0 amide bonds. The van der Waals surface area contributed by atoms with Crippen LogP contribution in [0.1, 0.15) is 18.9 Å². The van der Waals surface area contributed by atoms with Gasteiger partial charge in [-0.3, -0.25) is 0 Å².